The lowest BCUT2D eigenvalue weighted by Crippen LogP contribution is -2.63. The number of nitrogens with zero attached hydrogens (tertiary/aromatic N) is 2. The van der Waals surface area contributed by atoms with Gasteiger partial charge in [-0.1, -0.05) is 30.3 Å². The smallest absolute Gasteiger partial charge is 0.410 e. The van der Waals surface area contributed by atoms with Crippen LogP contribution in [-0.2, 0) is 16.1 Å². The topological polar surface area (TPSA) is 82.1 Å². The number of nitrogens with one attached hydrogen (secondary N) is 1. The minimum absolute atomic E-state index is 0.0783. The van der Waals surface area contributed by atoms with Crippen molar-refractivity contribution in [1.82, 2.24) is 15.1 Å². The van der Waals surface area contributed by atoms with Crippen LogP contribution in [0.25, 0.3) is 0 Å². The number of ether oxygens (including phenoxy) is 1. The summed E-state index contributed by atoms with van der Waals surface area (Å²) in [5.41, 5.74) is 0.496. The lowest BCUT2D eigenvalue weighted by atomic mass is 9.52. The van der Waals surface area contributed by atoms with Gasteiger partial charge in [-0.2, -0.15) is 0 Å². The fourth-order valence-electron chi connectivity index (χ4n) is 6.77. The van der Waals surface area contributed by atoms with Gasteiger partial charge >= 0.3 is 6.09 Å². The minimum atomic E-state index is -0.477. The number of carbonyl (C=O) groups is 2. The molecule has 2 amide bonds. The molecule has 5 aliphatic rings. The molecule has 3 atom stereocenters. The van der Waals surface area contributed by atoms with Crippen LogP contribution in [0.4, 0.5) is 4.79 Å². The molecule has 5 fully saturated rings. The molecule has 32 heavy (non-hydrogen) atoms. The molecule has 1 aliphatic heterocycles. The lowest BCUT2D eigenvalue weighted by Gasteiger charge is -2.58. The van der Waals surface area contributed by atoms with Crippen molar-refractivity contribution in [3.05, 3.63) is 35.9 Å². The number of piperazine rings is 1. The van der Waals surface area contributed by atoms with E-state index in [0.29, 0.717) is 43.9 Å². The van der Waals surface area contributed by atoms with Crippen molar-refractivity contribution in [3.8, 4) is 0 Å². The van der Waals surface area contributed by atoms with Crippen LogP contribution in [-0.4, -0.2) is 70.8 Å². The van der Waals surface area contributed by atoms with E-state index in [1.54, 1.807) is 4.90 Å². The van der Waals surface area contributed by atoms with Crippen molar-refractivity contribution < 1.29 is 19.4 Å². The van der Waals surface area contributed by atoms with Crippen molar-refractivity contribution >= 4 is 12.0 Å². The third kappa shape index (κ3) is 4.37. The summed E-state index contributed by atoms with van der Waals surface area (Å²) in [6.45, 7) is 4.69. The van der Waals surface area contributed by atoms with Crippen molar-refractivity contribution in [1.29, 1.82) is 0 Å². The molecule has 1 aromatic rings. The number of rotatable bonds is 5. The molecule has 4 bridgehead atoms. The highest BCUT2D eigenvalue weighted by Crippen LogP contribution is 2.55. The second-order valence-corrected chi connectivity index (χ2v) is 10.5. The van der Waals surface area contributed by atoms with Gasteiger partial charge < -0.3 is 20.1 Å². The van der Waals surface area contributed by atoms with E-state index in [1.165, 1.54) is 0 Å². The monoisotopic (exact) mass is 441 g/mol. The summed E-state index contributed by atoms with van der Waals surface area (Å²) < 4.78 is 5.44. The Morgan fingerprint density at radius 1 is 1.09 bits per heavy atom. The van der Waals surface area contributed by atoms with Crippen LogP contribution in [0.15, 0.2) is 30.3 Å². The standard InChI is InChI=1S/C25H35N3O4/c1-17(23(29)26-22-20-11-19-12-21(22)15-25(31,13-19)14-20)27-7-9-28(10-8-27)24(30)32-16-18-5-3-2-4-6-18/h2-6,17,19-22,31H,7-16H2,1H3,(H,26,29). The lowest BCUT2D eigenvalue weighted by molar-refractivity contribution is -0.148. The number of carbonyl (C=O) groups excluding carboxylic acids is 2. The van der Waals surface area contributed by atoms with Gasteiger partial charge in [-0.05, 0) is 62.3 Å². The van der Waals surface area contributed by atoms with Crippen molar-refractivity contribution in [2.24, 2.45) is 17.8 Å². The Morgan fingerprint density at radius 3 is 2.38 bits per heavy atom. The van der Waals surface area contributed by atoms with Crippen molar-refractivity contribution in [2.45, 2.75) is 63.3 Å². The third-order valence-electron chi connectivity index (χ3n) is 8.25. The van der Waals surface area contributed by atoms with Crippen LogP contribution in [0.5, 0.6) is 0 Å². The molecule has 2 N–H and O–H groups in total. The minimum Gasteiger partial charge on any atom is -0.445 e. The van der Waals surface area contributed by atoms with Gasteiger partial charge in [0.2, 0.25) is 5.91 Å². The normalized spacial score (nSPS) is 34.9. The Kier molecular flexibility index (Phi) is 5.88. The highest BCUT2D eigenvalue weighted by atomic mass is 16.6. The zero-order valence-electron chi connectivity index (χ0n) is 18.9. The molecule has 0 spiro atoms. The molecule has 3 unspecified atom stereocenters. The maximum Gasteiger partial charge on any atom is 0.410 e. The Morgan fingerprint density at radius 2 is 1.75 bits per heavy atom. The van der Waals surface area contributed by atoms with E-state index in [2.05, 4.69) is 10.2 Å². The molecule has 0 aromatic heterocycles. The largest absolute Gasteiger partial charge is 0.445 e. The van der Waals surface area contributed by atoms with Crippen LogP contribution < -0.4 is 5.32 Å². The van der Waals surface area contributed by atoms with Gasteiger partial charge in [-0.3, -0.25) is 9.69 Å². The maximum atomic E-state index is 13.1. The zero-order chi connectivity index (χ0) is 22.3. The van der Waals surface area contributed by atoms with Gasteiger partial charge in [-0.25, -0.2) is 4.79 Å². The van der Waals surface area contributed by atoms with E-state index in [9.17, 15) is 14.7 Å². The summed E-state index contributed by atoms with van der Waals surface area (Å²) in [6, 6.07) is 9.66. The van der Waals surface area contributed by atoms with Gasteiger partial charge in [0, 0.05) is 32.2 Å². The van der Waals surface area contributed by atoms with Gasteiger partial charge in [0.25, 0.3) is 0 Å². The molecule has 7 nitrogen and oxygen atoms in total. The Balaban J connectivity index is 1.09. The van der Waals surface area contributed by atoms with Crippen LogP contribution in [0.1, 0.15) is 44.6 Å². The molecule has 1 heterocycles. The fourth-order valence-corrected chi connectivity index (χ4v) is 6.77. The first-order valence-electron chi connectivity index (χ1n) is 12.1. The number of benzene rings is 1. The highest BCUT2D eigenvalue weighted by Gasteiger charge is 2.55. The third-order valence-corrected chi connectivity index (χ3v) is 8.25. The molecule has 4 aliphatic carbocycles. The van der Waals surface area contributed by atoms with E-state index in [1.807, 2.05) is 37.3 Å². The summed E-state index contributed by atoms with van der Waals surface area (Å²) in [5, 5.41) is 14.1. The molecule has 1 aromatic carbocycles. The Hall–Kier alpha value is -2.12. The van der Waals surface area contributed by atoms with E-state index >= 15 is 0 Å². The zero-order valence-corrected chi connectivity index (χ0v) is 18.9. The second-order valence-electron chi connectivity index (χ2n) is 10.5. The molecule has 4 saturated carbocycles. The summed E-state index contributed by atoms with van der Waals surface area (Å²) in [6.07, 6.45) is 4.61. The number of aliphatic hydroxyl groups is 1. The predicted molar refractivity (Wildman–Crippen MR) is 120 cm³/mol. The summed E-state index contributed by atoms with van der Waals surface area (Å²) in [5.74, 6) is 1.55. The maximum absolute atomic E-state index is 13.1. The van der Waals surface area contributed by atoms with Crippen LogP contribution in [0.2, 0.25) is 0 Å². The first-order valence-corrected chi connectivity index (χ1v) is 12.1. The van der Waals surface area contributed by atoms with Gasteiger partial charge in [-0.15, -0.1) is 0 Å². The Labute approximate surface area is 190 Å². The highest BCUT2D eigenvalue weighted by molar-refractivity contribution is 5.81. The Bertz CT molecular complexity index is 823. The number of amides is 2. The molecular weight excluding hydrogens is 406 g/mol. The first kappa shape index (κ1) is 21.7. The number of hydrogen-bond acceptors (Lipinski definition) is 5. The molecule has 0 radical (unpaired) electrons. The SMILES string of the molecule is CC(C(=O)NC1C2CC3CC1CC(O)(C3)C2)N1CCN(C(=O)OCc2ccccc2)CC1. The molecule has 7 heteroatoms. The summed E-state index contributed by atoms with van der Waals surface area (Å²) in [7, 11) is 0. The summed E-state index contributed by atoms with van der Waals surface area (Å²) in [4.78, 5) is 29.3. The predicted octanol–water partition coefficient (Wildman–Crippen LogP) is 2.39. The van der Waals surface area contributed by atoms with Crippen LogP contribution in [0.3, 0.4) is 0 Å². The molecule has 6 rings (SSSR count). The second kappa shape index (κ2) is 8.67. The van der Waals surface area contributed by atoms with Crippen LogP contribution >= 0.6 is 0 Å². The molecular formula is C25H35N3O4. The number of hydrogen-bond donors (Lipinski definition) is 2. The van der Waals surface area contributed by atoms with Gasteiger partial charge in [0.05, 0.1) is 11.6 Å². The van der Waals surface area contributed by atoms with Gasteiger partial charge in [0.1, 0.15) is 6.61 Å². The van der Waals surface area contributed by atoms with Gasteiger partial charge in [0.15, 0.2) is 0 Å². The average Bonchev–Trinajstić information content (AvgIpc) is 2.79. The van der Waals surface area contributed by atoms with E-state index in [4.69, 9.17) is 4.74 Å². The van der Waals surface area contributed by atoms with E-state index in [0.717, 1.165) is 37.7 Å². The molecule has 1 saturated heterocycles. The van der Waals surface area contributed by atoms with E-state index < -0.39 is 5.60 Å². The van der Waals surface area contributed by atoms with E-state index in [-0.39, 0.29) is 30.7 Å². The average molecular weight is 442 g/mol. The first-order chi connectivity index (χ1) is 15.4. The fraction of sp³-hybridized carbons (Fsp3) is 0.680. The van der Waals surface area contributed by atoms with Crippen molar-refractivity contribution in [2.75, 3.05) is 26.2 Å². The van der Waals surface area contributed by atoms with Crippen molar-refractivity contribution in [3.63, 3.8) is 0 Å². The quantitative estimate of drug-likeness (QED) is 0.733. The summed E-state index contributed by atoms with van der Waals surface area (Å²) >= 11 is 0. The molecule has 174 valence electrons. The van der Waals surface area contributed by atoms with Crippen LogP contribution in [0, 0.1) is 17.8 Å².